The molecular formula is C64H41FN2O. The van der Waals surface area contributed by atoms with Crippen molar-refractivity contribution in [1.82, 2.24) is 0 Å². The molecule has 1 heterocycles. The number of para-hydroxylation sites is 4. The first-order valence-electron chi connectivity index (χ1n) is 23.0. The van der Waals surface area contributed by atoms with Crippen molar-refractivity contribution < 1.29 is 8.81 Å². The summed E-state index contributed by atoms with van der Waals surface area (Å²) in [5, 5.41) is 11.4. The fourth-order valence-electron chi connectivity index (χ4n) is 10.4. The number of benzene rings is 12. The first-order valence-corrected chi connectivity index (χ1v) is 23.0. The molecule has 0 saturated carbocycles. The average Bonchev–Trinajstić information content (AvgIpc) is 3.80. The Bertz CT molecular complexity index is 4020. The molecule has 0 bridgehead atoms. The van der Waals surface area contributed by atoms with E-state index in [9.17, 15) is 0 Å². The fraction of sp³-hybridized carbons (Fsp3) is 0. The van der Waals surface area contributed by atoms with Crippen LogP contribution in [0.4, 0.5) is 38.5 Å². The second-order valence-corrected chi connectivity index (χ2v) is 17.3. The zero-order valence-electron chi connectivity index (χ0n) is 36.9. The summed E-state index contributed by atoms with van der Waals surface area (Å²) in [6, 6.07) is 85.9. The van der Waals surface area contributed by atoms with E-state index >= 15 is 4.39 Å². The third-order valence-corrected chi connectivity index (χ3v) is 13.4. The van der Waals surface area contributed by atoms with E-state index in [1.54, 1.807) is 6.07 Å². The van der Waals surface area contributed by atoms with Crippen LogP contribution in [0.15, 0.2) is 253 Å². The van der Waals surface area contributed by atoms with Crippen LogP contribution in [0.3, 0.4) is 0 Å². The maximum atomic E-state index is 17.4. The van der Waals surface area contributed by atoms with Crippen molar-refractivity contribution in [3.8, 4) is 22.3 Å². The summed E-state index contributed by atoms with van der Waals surface area (Å²) in [4.78, 5) is 4.38. The Morgan fingerprint density at radius 1 is 0.324 bits per heavy atom. The smallest absolute Gasteiger partial charge is 0.159 e. The van der Waals surface area contributed by atoms with Gasteiger partial charge in [-0.1, -0.05) is 176 Å². The number of anilines is 6. The molecule has 68 heavy (non-hydrogen) atoms. The molecule has 0 spiro atoms. The molecule has 0 saturated heterocycles. The first kappa shape index (κ1) is 39.4. The lowest BCUT2D eigenvalue weighted by Gasteiger charge is -2.29. The van der Waals surface area contributed by atoms with Gasteiger partial charge in [0.15, 0.2) is 5.58 Å². The summed E-state index contributed by atoms with van der Waals surface area (Å²) in [5.41, 5.74) is 10.5. The van der Waals surface area contributed by atoms with Gasteiger partial charge in [0.2, 0.25) is 0 Å². The highest BCUT2D eigenvalue weighted by molar-refractivity contribution is 6.32. The van der Waals surface area contributed by atoms with E-state index in [0.717, 1.165) is 105 Å². The SMILES string of the molecule is Fc1cc(-c2ccccc2)cc(-c2ccccc2)c1N(c1ccccc1)c1ccc2c(c1)c1ccccc1c1c3ccc(N(c4ccccc4)c4cccc5c4oc4ccccc45)cc3ccc21. The molecule has 4 heteroatoms. The Hall–Kier alpha value is -8.99. The van der Waals surface area contributed by atoms with E-state index < -0.39 is 0 Å². The molecule has 13 aromatic rings. The lowest BCUT2D eigenvalue weighted by atomic mass is 9.90. The fourth-order valence-corrected chi connectivity index (χ4v) is 10.4. The lowest BCUT2D eigenvalue weighted by molar-refractivity contribution is 0.630. The van der Waals surface area contributed by atoms with Crippen molar-refractivity contribution >= 4 is 99.2 Å². The number of furan rings is 1. The zero-order chi connectivity index (χ0) is 45.1. The summed E-state index contributed by atoms with van der Waals surface area (Å²) in [6.07, 6.45) is 0. The van der Waals surface area contributed by atoms with Gasteiger partial charge in [-0.25, -0.2) is 4.39 Å². The van der Waals surface area contributed by atoms with Crippen molar-refractivity contribution in [3.63, 3.8) is 0 Å². The van der Waals surface area contributed by atoms with E-state index in [4.69, 9.17) is 4.42 Å². The second-order valence-electron chi connectivity index (χ2n) is 17.3. The molecule has 0 aliphatic carbocycles. The van der Waals surface area contributed by atoms with E-state index in [0.29, 0.717) is 5.69 Å². The summed E-state index contributed by atoms with van der Waals surface area (Å²) >= 11 is 0. The van der Waals surface area contributed by atoms with Gasteiger partial charge in [0.1, 0.15) is 11.4 Å². The van der Waals surface area contributed by atoms with Gasteiger partial charge in [-0.2, -0.15) is 0 Å². The molecule has 3 nitrogen and oxygen atoms in total. The van der Waals surface area contributed by atoms with Gasteiger partial charge in [0.05, 0.1) is 11.4 Å². The third-order valence-electron chi connectivity index (χ3n) is 13.4. The molecule has 0 N–H and O–H groups in total. The Balaban J connectivity index is 1.00. The van der Waals surface area contributed by atoms with E-state index in [2.05, 4.69) is 174 Å². The summed E-state index contributed by atoms with van der Waals surface area (Å²) in [6.45, 7) is 0. The van der Waals surface area contributed by atoms with Crippen LogP contribution in [0.5, 0.6) is 0 Å². The minimum Gasteiger partial charge on any atom is -0.454 e. The van der Waals surface area contributed by atoms with Gasteiger partial charge in [-0.05, 0) is 133 Å². The van der Waals surface area contributed by atoms with E-state index in [-0.39, 0.29) is 5.82 Å². The Morgan fingerprint density at radius 2 is 0.868 bits per heavy atom. The molecular weight excluding hydrogens is 832 g/mol. The number of halogens is 1. The van der Waals surface area contributed by atoms with Crippen LogP contribution in [0, 0.1) is 5.82 Å². The molecule has 320 valence electrons. The molecule has 12 aromatic carbocycles. The monoisotopic (exact) mass is 872 g/mol. The second kappa shape index (κ2) is 16.2. The molecule has 0 aliphatic heterocycles. The molecule has 0 fully saturated rings. The van der Waals surface area contributed by atoms with Gasteiger partial charge in [0.25, 0.3) is 0 Å². The van der Waals surface area contributed by atoms with Crippen LogP contribution in [0.25, 0.3) is 87.3 Å². The molecule has 0 aliphatic rings. The van der Waals surface area contributed by atoms with Crippen molar-refractivity contribution in [2.45, 2.75) is 0 Å². The molecule has 0 amide bonds. The van der Waals surface area contributed by atoms with Gasteiger partial charge in [-0.3, -0.25) is 0 Å². The van der Waals surface area contributed by atoms with Crippen molar-refractivity contribution in [1.29, 1.82) is 0 Å². The van der Waals surface area contributed by atoms with Gasteiger partial charge >= 0.3 is 0 Å². The van der Waals surface area contributed by atoms with Crippen LogP contribution < -0.4 is 9.80 Å². The summed E-state index contributed by atoms with van der Waals surface area (Å²) in [5.74, 6) is -0.302. The van der Waals surface area contributed by atoms with Crippen LogP contribution in [-0.2, 0) is 0 Å². The third kappa shape index (κ3) is 6.49. The minimum absolute atomic E-state index is 0.302. The van der Waals surface area contributed by atoms with E-state index in [1.165, 1.54) is 10.8 Å². The number of fused-ring (bicyclic) bond motifs is 11. The summed E-state index contributed by atoms with van der Waals surface area (Å²) < 4.78 is 24.0. The van der Waals surface area contributed by atoms with Crippen molar-refractivity contribution in [3.05, 3.63) is 255 Å². The number of rotatable bonds is 8. The molecule has 13 rings (SSSR count). The minimum atomic E-state index is -0.302. The van der Waals surface area contributed by atoms with E-state index in [1.807, 2.05) is 78.9 Å². The van der Waals surface area contributed by atoms with Gasteiger partial charge < -0.3 is 14.2 Å². The maximum Gasteiger partial charge on any atom is 0.159 e. The summed E-state index contributed by atoms with van der Waals surface area (Å²) in [7, 11) is 0. The Morgan fingerprint density at radius 3 is 1.60 bits per heavy atom. The quantitative estimate of drug-likeness (QED) is 0.142. The normalized spacial score (nSPS) is 11.6. The van der Waals surface area contributed by atoms with Gasteiger partial charge in [0, 0.05) is 39.1 Å². The Kier molecular flexibility index (Phi) is 9.36. The highest BCUT2D eigenvalue weighted by Gasteiger charge is 2.25. The number of hydrogen-bond acceptors (Lipinski definition) is 3. The lowest BCUT2D eigenvalue weighted by Crippen LogP contribution is -2.13. The predicted octanol–water partition coefficient (Wildman–Crippen LogP) is 18.6. The number of nitrogens with zero attached hydrogens (tertiary/aromatic N) is 2. The van der Waals surface area contributed by atoms with Gasteiger partial charge in [-0.15, -0.1) is 0 Å². The van der Waals surface area contributed by atoms with Crippen LogP contribution in [-0.4, -0.2) is 0 Å². The topological polar surface area (TPSA) is 19.6 Å². The van der Waals surface area contributed by atoms with Crippen LogP contribution in [0.2, 0.25) is 0 Å². The highest BCUT2D eigenvalue weighted by atomic mass is 19.1. The average molecular weight is 873 g/mol. The van der Waals surface area contributed by atoms with Crippen molar-refractivity contribution in [2.75, 3.05) is 9.80 Å². The maximum absolute atomic E-state index is 17.4. The van der Waals surface area contributed by atoms with Crippen molar-refractivity contribution in [2.24, 2.45) is 0 Å². The standard InChI is InChI=1S/C64H41FN2O/c65-59-40-45(42-18-5-1-6-19-42)39-57(43-20-7-2-8-21-43)63(59)67(47-24-11-4-12-25-47)49-34-37-52-55-35-32-44-38-48(33-36-50(44)62(55)54-28-14-13-26-51(54)58(52)41-49)66(46-22-9-3-10-23-46)60-30-17-29-56-53-27-15-16-31-61(53)68-64(56)60/h1-41H. The molecule has 0 radical (unpaired) electrons. The van der Waals surface area contributed by atoms with Crippen LogP contribution >= 0.6 is 0 Å². The number of hydrogen-bond donors (Lipinski definition) is 0. The first-order chi connectivity index (χ1) is 33.7. The molecule has 0 unspecified atom stereocenters. The zero-order valence-corrected chi connectivity index (χ0v) is 36.9. The largest absolute Gasteiger partial charge is 0.454 e. The Labute approximate surface area is 392 Å². The highest BCUT2D eigenvalue weighted by Crippen LogP contribution is 2.48. The predicted molar refractivity (Wildman–Crippen MR) is 284 cm³/mol. The van der Waals surface area contributed by atoms with Crippen LogP contribution in [0.1, 0.15) is 0 Å². The molecule has 1 aromatic heterocycles. The molecule has 0 atom stereocenters.